The molecule has 0 aliphatic carbocycles. The molecule has 0 aromatic carbocycles. The summed E-state index contributed by atoms with van der Waals surface area (Å²) in [5, 5.41) is 0. The van der Waals surface area contributed by atoms with Crippen molar-refractivity contribution in [3.63, 3.8) is 0 Å². The second-order valence-electron chi connectivity index (χ2n) is 0. The van der Waals surface area contributed by atoms with Crippen LogP contribution in [0.2, 0.25) is 0 Å². The van der Waals surface area contributed by atoms with E-state index >= 15 is 0 Å². The van der Waals surface area contributed by atoms with E-state index in [1.807, 2.05) is 0 Å². The first-order valence-electron chi connectivity index (χ1n) is 0. The van der Waals surface area contributed by atoms with Crippen molar-refractivity contribution < 1.29 is 883 Å². The predicted molar refractivity (Wildman–Crippen MR) is 0 cm³/mol. The summed E-state index contributed by atoms with van der Waals surface area (Å²) < 4.78 is 0. The molecule has 0 heterocycles. The van der Waals surface area contributed by atoms with Gasteiger partial charge in [-0.15, -0.1) is 0 Å². The van der Waals surface area contributed by atoms with Gasteiger partial charge in [-0.05, 0) is 0 Å². The Hall–Kier alpha value is 29.8. The van der Waals surface area contributed by atoms with Crippen LogP contribution in [-0.2, 0) is 883 Å². The molecule has 27 heavy (non-hydrogen) atoms. The van der Waals surface area contributed by atoms with Gasteiger partial charge in [-0.2, -0.15) is 0 Å². The molecule has 0 nitrogen and oxygen atoms in total. The molecular weight excluding hydrogens is 2400 g/mol. The van der Waals surface area contributed by atoms with Crippen LogP contribution in [0.4, 0.5) is 0 Å². The number of hydrogen-bond donors (Lipinski definition) is 0. The Labute approximate surface area is 849 Å². The molecule has 81 valence electrons. The molecule has 0 spiro atoms. The van der Waals surface area contributed by atoms with Crippen molar-refractivity contribution in [1.82, 2.24) is 0 Å². The van der Waals surface area contributed by atoms with Crippen molar-refractivity contribution in [3.05, 3.63) is 0 Å². The molecule has 0 unspecified atom stereocenters. The fourth-order valence-electron chi connectivity index (χ4n) is 0. The van der Waals surface area contributed by atoms with Crippen molar-refractivity contribution in [2.24, 2.45) is 0 Å². The van der Waals surface area contributed by atoms with Crippen molar-refractivity contribution in [3.8, 4) is 0 Å². The Morgan fingerprint density at radius 1 is 0.0370 bits per heavy atom. The molecule has 0 atom stereocenters. The molecule has 0 aromatic heterocycles. The smallest absolute Gasteiger partial charge is 0 e. The van der Waals surface area contributed by atoms with Crippen LogP contribution in [0.25, 0.3) is 0 Å². The molecule has 27 heteroatoms. The van der Waals surface area contributed by atoms with E-state index in [4.69, 9.17) is 0 Å². The van der Waals surface area contributed by atoms with Crippen LogP contribution < -0.4 is 0 Å². The molecule has 0 saturated heterocycles. The molecule has 0 aliphatic heterocycles. The van der Waals surface area contributed by atoms with Gasteiger partial charge in [0.25, 0.3) is 0 Å². The average molecular weight is 2400 g/mol. The summed E-state index contributed by atoms with van der Waals surface area (Å²) >= 11 is 0. The van der Waals surface area contributed by atoms with Gasteiger partial charge >= 0.3 is 0 Å². The monoisotopic (exact) mass is 2400 g/mol. The minimum Gasteiger partial charge on any atom is 0 e. The Morgan fingerprint density at radius 2 is 0.0370 bits per heavy atom. The predicted octanol–water partition coefficient (Wildman–Crippen LogP) is -0.0675. The van der Waals surface area contributed by atoms with E-state index in [2.05, 4.69) is 0 Å². The molecule has 0 aliphatic rings. The van der Waals surface area contributed by atoms with Crippen LogP contribution in [0.5, 0.6) is 0 Å². The average Bonchev–Trinajstić information content (AvgIpc) is 0. The Balaban J connectivity index is 0. The third-order valence-electron chi connectivity index (χ3n) is 0. The fraction of sp³-hybridized carbons (Fsp3) is 0. The van der Waals surface area contributed by atoms with Crippen LogP contribution in [0.1, 0.15) is 0 Å². The van der Waals surface area contributed by atoms with Crippen LogP contribution >= 0.6 is 0 Å². The largest absolute Gasteiger partial charge is 0 e. The Morgan fingerprint density at radius 3 is 0.0370 bits per heavy atom. The maximum Gasteiger partial charge on any atom is 0 e. The molecule has 0 bridgehead atoms. The summed E-state index contributed by atoms with van der Waals surface area (Å²) in [5.74, 6) is 0. The molecule has 0 rings (SSSR count). The van der Waals surface area contributed by atoms with Crippen LogP contribution in [0.15, 0.2) is 0 Å². The minimum atomic E-state index is 0. The van der Waals surface area contributed by atoms with Crippen molar-refractivity contribution in [2.75, 3.05) is 0 Å². The van der Waals surface area contributed by atoms with E-state index in [1.165, 1.54) is 0 Å². The second-order valence-corrected chi connectivity index (χ2v) is 0. The van der Waals surface area contributed by atoms with Crippen LogP contribution in [0, 0.1) is 0 Å². The summed E-state index contributed by atoms with van der Waals surface area (Å²) in [6.45, 7) is 0. The maximum absolute atomic E-state index is 0. The van der Waals surface area contributed by atoms with Gasteiger partial charge in [0, 0.05) is 883 Å². The Bertz CT molecular complexity index is 0. The maximum atomic E-state index is 0. The number of hydrogen-bond acceptors (Lipinski definition) is 0. The van der Waals surface area contributed by atoms with Gasteiger partial charge in [0.1, 0.15) is 0 Å². The van der Waals surface area contributed by atoms with E-state index in [-0.39, 0.29) is 883 Å². The van der Waals surface area contributed by atoms with Gasteiger partial charge < -0.3 is 0 Å². The zero-order valence-electron chi connectivity index (χ0n) is 15.6. The third-order valence-corrected chi connectivity index (χ3v) is 0. The Kier molecular flexibility index (Phi) is 1390. The summed E-state index contributed by atoms with van der Waals surface area (Å²) in [6, 6.07) is 0. The molecule has 0 saturated carbocycles. The van der Waals surface area contributed by atoms with Crippen molar-refractivity contribution in [2.45, 2.75) is 0 Å². The van der Waals surface area contributed by atoms with Crippen LogP contribution in [-0.4, -0.2) is 0 Å². The number of rotatable bonds is 0. The first kappa shape index (κ1) is 199. The summed E-state index contributed by atoms with van der Waals surface area (Å²) in [7, 11) is 0. The quantitative estimate of drug-likeness (QED) is 0.320. The third kappa shape index (κ3) is 182. The second kappa shape index (κ2) is 189. The molecule has 0 aromatic rings. The van der Waals surface area contributed by atoms with Gasteiger partial charge in [0.15, 0.2) is 0 Å². The zero-order chi connectivity index (χ0) is 0. The van der Waals surface area contributed by atoms with E-state index in [0.717, 1.165) is 0 Å². The van der Waals surface area contributed by atoms with Crippen molar-refractivity contribution >= 4 is 0 Å². The van der Waals surface area contributed by atoms with E-state index < -0.39 is 0 Å². The van der Waals surface area contributed by atoms with E-state index in [1.54, 1.807) is 0 Å². The van der Waals surface area contributed by atoms with E-state index in [0.29, 0.717) is 0 Å². The fourth-order valence-corrected chi connectivity index (χ4v) is 0. The zero-order valence-corrected chi connectivity index (χ0v) is 92.2. The first-order chi connectivity index (χ1) is 0. The van der Waals surface area contributed by atoms with Crippen LogP contribution in [0.3, 0.4) is 0 Å². The van der Waals surface area contributed by atoms with E-state index in [9.17, 15) is 0 Å². The molecule has 27 radical (unpaired) electrons. The summed E-state index contributed by atoms with van der Waals surface area (Å²) in [6.07, 6.45) is 0. The first-order valence-corrected chi connectivity index (χ1v) is 0. The summed E-state index contributed by atoms with van der Waals surface area (Å²) in [5.41, 5.74) is 0. The van der Waals surface area contributed by atoms with Crippen molar-refractivity contribution in [1.29, 1.82) is 0 Å². The molecular formula is Y27. The van der Waals surface area contributed by atoms with Gasteiger partial charge in [-0.3, -0.25) is 0 Å². The van der Waals surface area contributed by atoms with Gasteiger partial charge in [0.05, 0.1) is 0 Å². The normalized spacial score (nSPS) is 0. The standard InChI is InChI=1S/27Y. The molecule has 0 fully saturated rings. The molecule has 0 amide bonds. The summed E-state index contributed by atoms with van der Waals surface area (Å²) in [4.78, 5) is 0. The molecule has 0 N–H and O–H groups in total. The van der Waals surface area contributed by atoms with Gasteiger partial charge in [0.2, 0.25) is 0 Å². The minimum absolute atomic E-state index is 0. The van der Waals surface area contributed by atoms with Gasteiger partial charge in [-0.1, -0.05) is 0 Å². The SMILES string of the molecule is [Y].[Y].[Y].[Y].[Y].[Y].[Y].[Y].[Y].[Y].[Y].[Y].[Y].[Y].[Y].[Y].[Y].[Y].[Y].[Y].[Y].[Y].[Y].[Y].[Y].[Y].[Y]. The van der Waals surface area contributed by atoms with Gasteiger partial charge in [-0.25, -0.2) is 0 Å². The topological polar surface area (TPSA) is 0 Å².